The third-order valence-corrected chi connectivity index (χ3v) is 17.0. The molecule has 0 aromatic rings. The molecule has 79 heavy (non-hydrogen) atoms. The van der Waals surface area contributed by atoms with Crippen molar-refractivity contribution >= 4 is 11.9 Å². The molecule has 0 fully saturated rings. The van der Waals surface area contributed by atoms with Crippen molar-refractivity contribution in [1.82, 2.24) is 5.32 Å². The largest absolute Gasteiger partial charge is 0.466 e. The Bertz CT molecular complexity index is 1230. The number of hydrogen-bond donors (Lipinski definition) is 3. The number of allylic oxidation sites excluding steroid dienone is 3. The molecule has 468 valence electrons. The lowest BCUT2D eigenvalue weighted by Crippen LogP contribution is -2.45. The van der Waals surface area contributed by atoms with Crippen LogP contribution in [0.25, 0.3) is 0 Å². The van der Waals surface area contributed by atoms with E-state index in [0.29, 0.717) is 19.4 Å². The average Bonchev–Trinajstić information content (AvgIpc) is 3.45. The highest BCUT2D eigenvalue weighted by atomic mass is 16.5. The minimum Gasteiger partial charge on any atom is -0.466 e. The maximum absolute atomic E-state index is 12.5. The van der Waals surface area contributed by atoms with Crippen molar-refractivity contribution in [2.24, 2.45) is 0 Å². The van der Waals surface area contributed by atoms with Crippen molar-refractivity contribution in [3.63, 3.8) is 0 Å². The van der Waals surface area contributed by atoms with E-state index in [1.165, 1.54) is 340 Å². The van der Waals surface area contributed by atoms with Gasteiger partial charge in [0.2, 0.25) is 5.91 Å². The summed E-state index contributed by atoms with van der Waals surface area (Å²) >= 11 is 0. The quantitative estimate of drug-likeness (QED) is 0.0320. The fourth-order valence-electron chi connectivity index (χ4n) is 11.5. The van der Waals surface area contributed by atoms with Crippen LogP contribution in [-0.4, -0.2) is 47.4 Å². The van der Waals surface area contributed by atoms with Crippen LogP contribution < -0.4 is 5.32 Å². The molecule has 1 amide bonds. The summed E-state index contributed by atoms with van der Waals surface area (Å²) in [6.07, 6.45) is 86.9. The monoisotopic (exact) mass is 1110 g/mol. The third kappa shape index (κ3) is 65.4. The molecule has 0 rings (SSSR count). The van der Waals surface area contributed by atoms with E-state index in [2.05, 4.69) is 31.3 Å². The van der Waals surface area contributed by atoms with Crippen LogP contribution in [0.15, 0.2) is 24.3 Å². The highest BCUT2D eigenvalue weighted by molar-refractivity contribution is 5.76. The number of unbranched alkanes of at least 4 members (excludes halogenated alkanes) is 55. The maximum Gasteiger partial charge on any atom is 0.305 e. The summed E-state index contributed by atoms with van der Waals surface area (Å²) < 4.78 is 5.50. The van der Waals surface area contributed by atoms with E-state index in [4.69, 9.17) is 4.74 Å². The molecule has 0 heterocycles. The predicted molar refractivity (Wildman–Crippen MR) is 347 cm³/mol. The molecule has 0 aliphatic carbocycles. The number of aliphatic hydroxyl groups is 2. The minimum absolute atomic E-state index is 0.0197. The standard InChI is InChI=1S/C73H141NO5/c1-3-5-7-9-11-13-15-17-19-21-34-37-41-45-49-53-57-61-65-71(76)70(69-75)74-72(77)66-62-58-54-50-46-42-38-35-32-30-28-26-24-22-23-25-27-29-31-33-36-40-44-48-52-56-60-64-68-79-73(78)67-63-59-55-51-47-43-39-20-18-16-14-12-10-8-6-4-2/h22-23,61,65,70-71,75-76H,3-21,24-60,62-64,66-69H2,1-2H3,(H,74,77)/b23-22-,65-61+. The molecule has 2 unspecified atom stereocenters. The predicted octanol–water partition coefficient (Wildman–Crippen LogP) is 23.3. The van der Waals surface area contributed by atoms with Crippen LogP contribution in [0.2, 0.25) is 0 Å². The Labute approximate surface area is 494 Å². The summed E-state index contributed by atoms with van der Waals surface area (Å²) in [5.41, 5.74) is 0. The van der Waals surface area contributed by atoms with Gasteiger partial charge in [0.15, 0.2) is 0 Å². The maximum atomic E-state index is 12.5. The number of esters is 1. The van der Waals surface area contributed by atoms with E-state index in [1.807, 2.05) is 6.08 Å². The second-order valence-corrected chi connectivity index (χ2v) is 24.9. The van der Waals surface area contributed by atoms with Crippen molar-refractivity contribution in [3.8, 4) is 0 Å². The Morgan fingerprint density at radius 1 is 0.342 bits per heavy atom. The second kappa shape index (κ2) is 68.8. The summed E-state index contributed by atoms with van der Waals surface area (Å²) in [6, 6.07) is -0.628. The molecule has 0 saturated heterocycles. The van der Waals surface area contributed by atoms with Crippen LogP contribution in [0, 0.1) is 0 Å². The first-order valence-electron chi connectivity index (χ1n) is 36.1. The van der Waals surface area contributed by atoms with E-state index in [1.54, 1.807) is 6.08 Å². The highest BCUT2D eigenvalue weighted by Gasteiger charge is 2.18. The van der Waals surface area contributed by atoms with Gasteiger partial charge in [0.1, 0.15) is 0 Å². The van der Waals surface area contributed by atoms with Gasteiger partial charge < -0.3 is 20.3 Å². The Morgan fingerprint density at radius 3 is 0.899 bits per heavy atom. The van der Waals surface area contributed by atoms with E-state index in [-0.39, 0.29) is 18.5 Å². The lowest BCUT2D eigenvalue weighted by atomic mass is 10.0. The van der Waals surface area contributed by atoms with E-state index in [9.17, 15) is 19.8 Å². The number of ether oxygens (including phenoxy) is 1. The van der Waals surface area contributed by atoms with Gasteiger partial charge in [0.25, 0.3) is 0 Å². The number of amides is 1. The third-order valence-electron chi connectivity index (χ3n) is 17.0. The first-order chi connectivity index (χ1) is 39.0. The molecular weight excluding hydrogens is 971 g/mol. The topological polar surface area (TPSA) is 95.9 Å². The molecule has 0 aliphatic heterocycles. The zero-order chi connectivity index (χ0) is 57.1. The van der Waals surface area contributed by atoms with Gasteiger partial charge in [-0.2, -0.15) is 0 Å². The van der Waals surface area contributed by atoms with Crippen molar-refractivity contribution in [1.29, 1.82) is 0 Å². The average molecular weight is 1110 g/mol. The zero-order valence-electron chi connectivity index (χ0n) is 53.6. The summed E-state index contributed by atoms with van der Waals surface area (Å²) in [6.45, 7) is 4.95. The summed E-state index contributed by atoms with van der Waals surface area (Å²) in [4.78, 5) is 24.6. The molecule has 0 aromatic heterocycles. The number of rotatable bonds is 68. The molecule has 3 N–H and O–H groups in total. The fraction of sp³-hybridized carbons (Fsp3) is 0.918. The molecule has 0 radical (unpaired) electrons. The smallest absolute Gasteiger partial charge is 0.305 e. The van der Waals surface area contributed by atoms with Gasteiger partial charge in [0.05, 0.1) is 25.4 Å². The molecule has 2 atom stereocenters. The lowest BCUT2D eigenvalue weighted by Gasteiger charge is -2.20. The number of hydrogen-bond acceptors (Lipinski definition) is 5. The van der Waals surface area contributed by atoms with Crippen LogP contribution in [0.1, 0.15) is 406 Å². The molecule has 6 nitrogen and oxygen atoms in total. The fourth-order valence-corrected chi connectivity index (χ4v) is 11.5. The summed E-state index contributed by atoms with van der Waals surface area (Å²) in [7, 11) is 0. The number of carbonyl (C=O) groups excluding carboxylic acids is 2. The highest BCUT2D eigenvalue weighted by Crippen LogP contribution is 2.19. The first-order valence-corrected chi connectivity index (χ1v) is 36.1. The van der Waals surface area contributed by atoms with Crippen LogP contribution in [0.4, 0.5) is 0 Å². The molecular formula is C73H141NO5. The van der Waals surface area contributed by atoms with Crippen molar-refractivity contribution in [2.45, 2.75) is 418 Å². The van der Waals surface area contributed by atoms with Gasteiger partial charge in [-0.1, -0.05) is 359 Å². The summed E-state index contributed by atoms with van der Waals surface area (Å²) in [5, 5.41) is 23.2. The van der Waals surface area contributed by atoms with Gasteiger partial charge in [-0.25, -0.2) is 0 Å². The van der Waals surface area contributed by atoms with Gasteiger partial charge in [-0.05, 0) is 57.8 Å². The van der Waals surface area contributed by atoms with Crippen LogP contribution in [0.3, 0.4) is 0 Å². The molecule has 0 bridgehead atoms. The Balaban J connectivity index is 3.38. The molecule has 0 aliphatic rings. The second-order valence-electron chi connectivity index (χ2n) is 24.9. The molecule has 6 heteroatoms. The van der Waals surface area contributed by atoms with Gasteiger partial charge in [0, 0.05) is 12.8 Å². The van der Waals surface area contributed by atoms with Crippen molar-refractivity contribution in [2.75, 3.05) is 13.2 Å². The lowest BCUT2D eigenvalue weighted by molar-refractivity contribution is -0.143. The summed E-state index contributed by atoms with van der Waals surface area (Å²) in [5.74, 6) is -0.0447. The molecule has 0 aromatic carbocycles. The number of aliphatic hydroxyl groups excluding tert-OH is 2. The van der Waals surface area contributed by atoms with Crippen molar-refractivity contribution in [3.05, 3.63) is 24.3 Å². The van der Waals surface area contributed by atoms with E-state index >= 15 is 0 Å². The zero-order valence-corrected chi connectivity index (χ0v) is 53.6. The Morgan fingerprint density at radius 2 is 0.595 bits per heavy atom. The SMILES string of the molecule is CCCCCCCCCCCCCCCCCC/C=C/C(O)C(CO)NC(=O)CCCCCCCCCCCCCC/C=C\CCCCCCCCCCCCCCOC(=O)CCCCCCCCCCCCCCCCCC. The first kappa shape index (κ1) is 77.3. The van der Waals surface area contributed by atoms with Crippen LogP contribution >= 0.6 is 0 Å². The van der Waals surface area contributed by atoms with Gasteiger partial charge in [-0.3, -0.25) is 9.59 Å². The van der Waals surface area contributed by atoms with Crippen molar-refractivity contribution < 1.29 is 24.5 Å². The molecule has 0 spiro atoms. The van der Waals surface area contributed by atoms with Crippen LogP contribution in [0.5, 0.6) is 0 Å². The van der Waals surface area contributed by atoms with E-state index in [0.717, 1.165) is 38.5 Å². The Kier molecular flexibility index (Phi) is 67.4. The normalized spacial score (nSPS) is 12.6. The number of nitrogens with one attached hydrogen (secondary N) is 1. The number of carbonyl (C=O) groups is 2. The minimum atomic E-state index is -0.845. The van der Waals surface area contributed by atoms with Crippen LogP contribution in [-0.2, 0) is 14.3 Å². The molecule has 0 saturated carbocycles. The van der Waals surface area contributed by atoms with E-state index < -0.39 is 12.1 Å². The Hall–Kier alpha value is -1.66. The van der Waals surface area contributed by atoms with Gasteiger partial charge >= 0.3 is 5.97 Å². The van der Waals surface area contributed by atoms with Gasteiger partial charge in [-0.15, -0.1) is 0 Å².